The summed E-state index contributed by atoms with van der Waals surface area (Å²) in [6, 6.07) is 2.07. The van der Waals surface area contributed by atoms with E-state index in [0.29, 0.717) is 5.92 Å². The molecule has 0 spiro atoms. The highest BCUT2D eigenvalue weighted by Gasteiger charge is 2.27. The summed E-state index contributed by atoms with van der Waals surface area (Å²) in [5, 5.41) is 0. The second-order valence-electron chi connectivity index (χ2n) is 4.28. The van der Waals surface area contributed by atoms with E-state index in [0.717, 1.165) is 41.6 Å². The molecule has 1 aromatic heterocycles. The van der Waals surface area contributed by atoms with E-state index in [1.807, 2.05) is 0 Å². The number of rotatable bonds is 2. The molecule has 0 atom stereocenters. The minimum absolute atomic E-state index is 0.620. The molecule has 4 nitrogen and oxygen atoms in total. The van der Waals surface area contributed by atoms with E-state index in [-0.39, 0.29) is 0 Å². The second kappa shape index (κ2) is 4.44. The maximum Gasteiger partial charge on any atom is 0.135 e. The van der Waals surface area contributed by atoms with Crippen molar-refractivity contribution in [2.24, 2.45) is 0 Å². The van der Waals surface area contributed by atoms with Gasteiger partial charge in [0.05, 0.1) is 13.2 Å². The van der Waals surface area contributed by atoms with Crippen molar-refractivity contribution in [2.75, 3.05) is 31.2 Å². The zero-order valence-corrected chi connectivity index (χ0v) is 11.2. The van der Waals surface area contributed by atoms with E-state index >= 15 is 0 Å². The van der Waals surface area contributed by atoms with Crippen molar-refractivity contribution in [2.45, 2.75) is 18.8 Å². The highest BCUT2D eigenvalue weighted by Crippen LogP contribution is 2.38. The summed E-state index contributed by atoms with van der Waals surface area (Å²) in [6.45, 7) is 3.49. The summed E-state index contributed by atoms with van der Waals surface area (Å²) in [6.07, 6.45) is 2.51. The molecule has 2 aliphatic rings. The quantitative estimate of drug-likeness (QED) is 0.612. The number of hydrogen-bond donors (Lipinski definition) is 0. The number of morpholine rings is 1. The maximum atomic E-state index is 5.35. The smallest absolute Gasteiger partial charge is 0.135 e. The average molecular weight is 331 g/mol. The van der Waals surface area contributed by atoms with Gasteiger partial charge < -0.3 is 9.64 Å². The lowest BCUT2D eigenvalue weighted by molar-refractivity contribution is 0.122. The van der Waals surface area contributed by atoms with Crippen molar-refractivity contribution >= 4 is 28.4 Å². The number of hydrogen-bond acceptors (Lipinski definition) is 4. The van der Waals surface area contributed by atoms with E-state index in [9.17, 15) is 0 Å². The van der Waals surface area contributed by atoms with Crippen molar-refractivity contribution in [3.05, 3.63) is 15.6 Å². The van der Waals surface area contributed by atoms with Crippen LogP contribution in [0.25, 0.3) is 0 Å². The van der Waals surface area contributed by atoms with Crippen molar-refractivity contribution in [1.29, 1.82) is 0 Å². The minimum atomic E-state index is 0.620. The van der Waals surface area contributed by atoms with Crippen LogP contribution in [0.4, 0.5) is 5.82 Å². The van der Waals surface area contributed by atoms with Crippen LogP contribution in [0.1, 0.15) is 24.6 Å². The summed E-state index contributed by atoms with van der Waals surface area (Å²) in [5.41, 5.74) is 0. The number of halogens is 1. The van der Waals surface area contributed by atoms with Crippen LogP contribution in [0.15, 0.2) is 6.07 Å². The largest absolute Gasteiger partial charge is 0.378 e. The van der Waals surface area contributed by atoms with Gasteiger partial charge in [-0.1, -0.05) is 0 Å². The third-order valence-corrected chi connectivity index (χ3v) is 3.53. The van der Waals surface area contributed by atoms with E-state index in [1.165, 1.54) is 12.8 Å². The molecule has 0 unspecified atom stereocenters. The molecule has 1 saturated heterocycles. The molecule has 16 heavy (non-hydrogen) atoms. The predicted molar refractivity (Wildman–Crippen MR) is 69.8 cm³/mol. The zero-order valence-electron chi connectivity index (χ0n) is 9.03. The first-order chi connectivity index (χ1) is 7.83. The van der Waals surface area contributed by atoms with E-state index in [2.05, 4.69) is 43.5 Å². The SMILES string of the molecule is Ic1cc(N2CCOCC2)nc(C2CC2)n1. The average Bonchev–Trinajstić information content (AvgIpc) is 3.13. The van der Waals surface area contributed by atoms with Crippen LogP contribution in [0, 0.1) is 3.70 Å². The zero-order chi connectivity index (χ0) is 11.0. The predicted octanol–water partition coefficient (Wildman–Crippen LogP) is 1.80. The Hall–Kier alpha value is -0.430. The van der Waals surface area contributed by atoms with Crippen LogP contribution < -0.4 is 4.90 Å². The molecule has 2 heterocycles. The van der Waals surface area contributed by atoms with Gasteiger partial charge in [-0.25, -0.2) is 9.97 Å². The van der Waals surface area contributed by atoms with Crippen LogP contribution in [-0.4, -0.2) is 36.3 Å². The van der Waals surface area contributed by atoms with Gasteiger partial charge in [0.2, 0.25) is 0 Å². The lowest BCUT2D eigenvalue weighted by Crippen LogP contribution is -2.37. The molecule has 0 radical (unpaired) electrons. The Morgan fingerprint density at radius 2 is 2.00 bits per heavy atom. The van der Waals surface area contributed by atoms with Crippen LogP contribution in [0.2, 0.25) is 0 Å². The first-order valence-electron chi connectivity index (χ1n) is 5.70. The van der Waals surface area contributed by atoms with Crippen molar-refractivity contribution in [1.82, 2.24) is 9.97 Å². The molecule has 1 aliphatic heterocycles. The van der Waals surface area contributed by atoms with E-state index < -0.39 is 0 Å². The fourth-order valence-electron chi connectivity index (χ4n) is 1.90. The fourth-order valence-corrected chi connectivity index (χ4v) is 2.43. The van der Waals surface area contributed by atoms with Crippen molar-refractivity contribution in [3.8, 4) is 0 Å². The van der Waals surface area contributed by atoms with E-state index in [1.54, 1.807) is 0 Å². The van der Waals surface area contributed by atoms with Crippen LogP contribution in [-0.2, 0) is 4.74 Å². The third-order valence-electron chi connectivity index (χ3n) is 2.98. The minimum Gasteiger partial charge on any atom is -0.378 e. The van der Waals surface area contributed by atoms with Gasteiger partial charge >= 0.3 is 0 Å². The molecule has 2 fully saturated rings. The third kappa shape index (κ3) is 2.29. The topological polar surface area (TPSA) is 38.2 Å². The number of anilines is 1. The molecule has 1 aromatic rings. The number of aromatic nitrogens is 2. The Bertz CT molecular complexity index is 389. The van der Waals surface area contributed by atoms with Gasteiger partial charge in [0.1, 0.15) is 15.3 Å². The van der Waals surface area contributed by atoms with Crippen molar-refractivity contribution in [3.63, 3.8) is 0 Å². The lowest BCUT2D eigenvalue weighted by Gasteiger charge is -2.28. The number of nitrogens with zero attached hydrogens (tertiary/aromatic N) is 3. The molecule has 5 heteroatoms. The Kier molecular flexibility index (Phi) is 2.97. The molecule has 0 bridgehead atoms. The Morgan fingerprint density at radius 3 is 2.69 bits per heavy atom. The highest BCUT2D eigenvalue weighted by molar-refractivity contribution is 14.1. The van der Waals surface area contributed by atoms with Gasteiger partial charge in [0.25, 0.3) is 0 Å². The molecule has 1 aliphatic carbocycles. The van der Waals surface area contributed by atoms with Crippen molar-refractivity contribution < 1.29 is 4.74 Å². The monoisotopic (exact) mass is 331 g/mol. The maximum absolute atomic E-state index is 5.35. The molecule has 1 saturated carbocycles. The van der Waals surface area contributed by atoms with Crippen LogP contribution >= 0.6 is 22.6 Å². The van der Waals surface area contributed by atoms with Gasteiger partial charge in [-0.15, -0.1) is 0 Å². The van der Waals surface area contributed by atoms with Gasteiger partial charge in [-0.3, -0.25) is 0 Å². The first kappa shape index (κ1) is 10.7. The summed E-state index contributed by atoms with van der Waals surface area (Å²) in [7, 11) is 0. The molecule has 86 valence electrons. The molecule has 0 N–H and O–H groups in total. The Balaban J connectivity index is 1.86. The second-order valence-corrected chi connectivity index (χ2v) is 5.39. The van der Waals surface area contributed by atoms with Gasteiger partial charge in [0, 0.05) is 25.1 Å². The Labute approximate surface area is 109 Å². The van der Waals surface area contributed by atoms with Gasteiger partial charge in [0.15, 0.2) is 0 Å². The summed E-state index contributed by atoms with van der Waals surface area (Å²) < 4.78 is 6.41. The summed E-state index contributed by atoms with van der Waals surface area (Å²) in [4.78, 5) is 11.5. The van der Waals surface area contributed by atoms with Crippen LogP contribution in [0.3, 0.4) is 0 Å². The van der Waals surface area contributed by atoms with Gasteiger partial charge in [-0.05, 0) is 35.4 Å². The van der Waals surface area contributed by atoms with Gasteiger partial charge in [-0.2, -0.15) is 0 Å². The number of ether oxygens (including phenoxy) is 1. The molecule has 0 aromatic carbocycles. The molecule has 0 amide bonds. The fraction of sp³-hybridized carbons (Fsp3) is 0.636. The first-order valence-corrected chi connectivity index (χ1v) is 6.78. The van der Waals surface area contributed by atoms with E-state index in [4.69, 9.17) is 4.74 Å². The summed E-state index contributed by atoms with van der Waals surface area (Å²) in [5.74, 6) is 2.73. The molecule has 3 rings (SSSR count). The Morgan fingerprint density at radius 1 is 1.25 bits per heavy atom. The summed E-state index contributed by atoms with van der Waals surface area (Å²) >= 11 is 2.28. The molecular formula is C11H14IN3O. The normalized spacial score (nSPS) is 21.2. The lowest BCUT2D eigenvalue weighted by atomic mass is 10.3. The molecular weight excluding hydrogens is 317 g/mol. The standard InChI is InChI=1S/C11H14IN3O/c12-9-7-10(15-3-5-16-6-4-15)14-11(13-9)8-1-2-8/h7-8H,1-6H2. The highest BCUT2D eigenvalue weighted by atomic mass is 127. The van der Waals surface area contributed by atoms with Crippen LogP contribution in [0.5, 0.6) is 0 Å².